The van der Waals surface area contributed by atoms with Gasteiger partial charge in [0.2, 0.25) is 0 Å². The van der Waals surface area contributed by atoms with Crippen molar-refractivity contribution in [1.82, 2.24) is 4.90 Å². The molecule has 0 bridgehead atoms. The lowest BCUT2D eigenvalue weighted by Gasteiger charge is -2.33. The van der Waals surface area contributed by atoms with Gasteiger partial charge in [0, 0.05) is 18.2 Å². The van der Waals surface area contributed by atoms with Crippen molar-refractivity contribution < 1.29 is 9.84 Å². The summed E-state index contributed by atoms with van der Waals surface area (Å²) in [6.07, 6.45) is 3.54. The lowest BCUT2D eigenvalue weighted by atomic mass is 9.91. The van der Waals surface area contributed by atoms with Gasteiger partial charge in [-0.05, 0) is 56.8 Å². The Morgan fingerprint density at radius 1 is 1.24 bits per heavy atom. The van der Waals surface area contributed by atoms with E-state index in [1.165, 1.54) is 24.0 Å². The summed E-state index contributed by atoms with van der Waals surface area (Å²) in [5, 5.41) is 9.71. The first-order valence-corrected chi connectivity index (χ1v) is 8.31. The molecule has 1 saturated heterocycles. The van der Waals surface area contributed by atoms with Gasteiger partial charge in [-0.3, -0.25) is 4.90 Å². The monoisotopic (exact) mass is 291 g/mol. The number of aryl methyl sites for hydroxylation is 1. The quantitative estimate of drug-likeness (QED) is 0.835. The third-order valence-electron chi connectivity index (χ3n) is 4.46. The zero-order chi connectivity index (χ0) is 15.2. The fourth-order valence-corrected chi connectivity index (χ4v) is 3.32. The zero-order valence-corrected chi connectivity index (χ0v) is 13.6. The number of nitrogens with zero attached hydrogens (tertiary/aromatic N) is 1. The second-order valence-corrected chi connectivity index (χ2v) is 6.01. The number of likely N-dealkylation sites (tertiary alicyclic amines) is 1. The van der Waals surface area contributed by atoms with Gasteiger partial charge in [0.1, 0.15) is 5.75 Å². The highest BCUT2D eigenvalue weighted by molar-refractivity contribution is 5.40. The molecule has 118 valence electrons. The normalized spacial score (nSPS) is 18.7. The number of aliphatic hydroxyl groups is 1. The highest BCUT2D eigenvalue weighted by Crippen LogP contribution is 2.37. The van der Waals surface area contributed by atoms with E-state index in [1.807, 2.05) is 6.92 Å². The van der Waals surface area contributed by atoms with E-state index >= 15 is 0 Å². The molecule has 2 unspecified atom stereocenters. The first-order valence-electron chi connectivity index (χ1n) is 8.31. The van der Waals surface area contributed by atoms with E-state index in [4.69, 9.17) is 4.74 Å². The van der Waals surface area contributed by atoms with Gasteiger partial charge in [-0.25, -0.2) is 0 Å². The van der Waals surface area contributed by atoms with E-state index in [1.54, 1.807) is 0 Å². The molecule has 1 aliphatic heterocycles. The van der Waals surface area contributed by atoms with Gasteiger partial charge in [0.15, 0.2) is 0 Å². The van der Waals surface area contributed by atoms with Crippen molar-refractivity contribution in [2.24, 2.45) is 5.92 Å². The van der Waals surface area contributed by atoms with Crippen molar-refractivity contribution in [2.45, 2.75) is 46.1 Å². The van der Waals surface area contributed by atoms with Crippen molar-refractivity contribution in [3.8, 4) is 5.75 Å². The number of hydrogen-bond donors (Lipinski definition) is 1. The second kappa shape index (κ2) is 7.81. The Morgan fingerprint density at radius 3 is 2.52 bits per heavy atom. The van der Waals surface area contributed by atoms with E-state index in [2.05, 4.69) is 36.9 Å². The number of ether oxygens (including phenoxy) is 1. The minimum Gasteiger partial charge on any atom is -0.494 e. The van der Waals surface area contributed by atoms with Crippen molar-refractivity contribution in [3.05, 3.63) is 29.3 Å². The molecular weight excluding hydrogens is 262 g/mol. The Labute approximate surface area is 128 Å². The third-order valence-corrected chi connectivity index (χ3v) is 4.46. The number of rotatable bonds is 7. The Balaban J connectivity index is 2.40. The summed E-state index contributed by atoms with van der Waals surface area (Å²) in [5.74, 6) is 1.20. The van der Waals surface area contributed by atoms with Gasteiger partial charge >= 0.3 is 0 Å². The predicted octanol–water partition coefficient (Wildman–Crippen LogP) is 3.41. The lowest BCUT2D eigenvalue weighted by Crippen LogP contribution is -2.32. The summed E-state index contributed by atoms with van der Waals surface area (Å²) < 4.78 is 5.86. The van der Waals surface area contributed by atoms with Crippen LogP contribution >= 0.6 is 0 Å². The van der Waals surface area contributed by atoms with Gasteiger partial charge in [-0.1, -0.05) is 26.0 Å². The maximum absolute atomic E-state index is 9.71. The molecule has 2 rings (SSSR count). The van der Waals surface area contributed by atoms with Crippen LogP contribution in [0.1, 0.15) is 50.8 Å². The van der Waals surface area contributed by atoms with Gasteiger partial charge in [-0.15, -0.1) is 0 Å². The van der Waals surface area contributed by atoms with Crippen LogP contribution < -0.4 is 4.74 Å². The molecule has 1 aliphatic rings. The van der Waals surface area contributed by atoms with Crippen LogP contribution in [0.15, 0.2) is 18.2 Å². The van der Waals surface area contributed by atoms with Crippen molar-refractivity contribution >= 4 is 0 Å². The Bertz CT molecular complexity index is 441. The minimum atomic E-state index is 0.211. The number of benzene rings is 1. The zero-order valence-electron chi connectivity index (χ0n) is 13.6. The topological polar surface area (TPSA) is 32.7 Å². The molecule has 0 saturated carbocycles. The van der Waals surface area contributed by atoms with Crippen LogP contribution in [0.2, 0.25) is 0 Å². The van der Waals surface area contributed by atoms with Crippen molar-refractivity contribution in [2.75, 3.05) is 26.3 Å². The molecule has 2 atom stereocenters. The third kappa shape index (κ3) is 3.78. The lowest BCUT2D eigenvalue weighted by molar-refractivity contribution is 0.123. The summed E-state index contributed by atoms with van der Waals surface area (Å²) in [7, 11) is 0. The van der Waals surface area contributed by atoms with Crippen LogP contribution in [0.3, 0.4) is 0 Å². The fraction of sp³-hybridized carbons (Fsp3) is 0.667. The molecule has 1 fully saturated rings. The van der Waals surface area contributed by atoms with Crippen molar-refractivity contribution in [3.63, 3.8) is 0 Å². The van der Waals surface area contributed by atoms with E-state index in [0.717, 1.165) is 25.3 Å². The summed E-state index contributed by atoms with van der Waals surface area (Å²) in [5.41, 5.74) is 2.59. The molecule has 0 spiro atoms. The molecule has 0 radical (unpaired) electrons. The van der Waals surface area contributed by atoms with Gasteiger partial charge < -0.3 is 9.84 Å². The minimum absolute atomic E-state index is 0.211. The van der Waals surface area contributed by atoms with Crippen molar-refractivity contribution in [1.29, 1.82) is 0 Å². The maximum Gasteiger partial charge on any atom is 0.124 e. The largest absolute Gasteiger partial charge is 0.494 e. The number of hydrogen-bond acceptors (Lipinski definition) is 3. The first-order chi connectivity index (χ1) is 10.2. The molecule has 1 N–H and O–H groups in total. The summed E-state index contributed by atoms with van der Waals surface area (Å²) in [6, 6.07) is 6.79. The van der Waals surface area contributed by atoms with Gasteiger partial charge in [-0.2, -0.15) is 0 Å². The molecule has 0 aromatic heterocycles. The second-order valence-electron chi connectivity index (χ2n) is 6.01. The maximum atomic E-state index is 9.71. The van der Waals surface area contributed by atoms with Crippen LogP contribution in [-0.4, -0.2) is 36.3 Å². The molecule has 1 aromatic carbocycles. The number of aliphatic hydroxyl groups excluding tert-OH is 1. The van der Waals surface area contributed by atoms with E-state index in [0.29, 0.717) is 6.61 Å². The summed E-state index contributed by atoms with van der Waals surface area (Å²) >= 11 is 0. The highest BCUT2D eigenvalue weighted by atomic mass is 16.5. The average molecular weight is 291 g/mol. The first kappa shape index (κ1) is 16.3. The average Bonchev–Trinajstić information content (AvgIpc) is 3.03. The molecule has 0 aliphatic carbocycles. The molecule has 0 amide bonds. The van der Waals surface area contributed by atoms with Gasteiger partial charge in [0.05, 0.1) is 6.61 Å². The smallest absolute Gasteiger partial charge is 0.124 e. The van der Waals surface area contributed by atoms with Crippen LogP contribution in [-0.2, 0) is 6.42 Å². The SMILES string of the molecule is CCOc1ccc(CC)cc1C(C(C)CO)N1CCCC1. The Kier molecular flexibility index (Phi) is 6.07. The Hall–Kier alpha value is -1.06. The Morgan fingerprint density at radius 2 is 1.95 bits per heavy atom. The molecule has 1 aromatic rings. The standard InChI is InChI=1S/C18H29NO2/c1-4-15-8-9-17(21-5-2)16(12-15)18(14(3)13-20)19-10-6-7-11-19/h8-9,12,14,18,20H,4-7,10-11,13H2,1-3H3. The molecule has 3 nitrogen and oxygen atoms in total. The predicted molar refractivity (Wildman–Crippen MR) is 86.8 cm³/mol. The van der Waals surface area contributed by atoms with Crippen LogP contribution in [0.25, 0.3) is 0 Å². The fourth-order valence-electron chi connectivity index (χ4n) is 3.32. The van der Waals surface area contributed by atoms with E-state index < -0.39 is 0 Å². The molecular formula is C18H29NO2. The molecule has 3 heteroatoms. The summed E-state index contributed by atoms with van der Waals surface area (Å²) in [6.45, 7) is 9.48. The molecule has 1 heterocycles. The van der Waals surface area contributed by atoms with E-state index in [-0.39, 0.29) is 18.6 Å². The van der Waals surface area contributed by atoms with Crippen LogP contribution in [0.5, 0.6) is 5.75 Å². The van der Waals surface area contributed by atoms with Gasteiger partial charge in [0.25, 0.3) is 0 Å². The van der Waals surface area contributed by atoms with Crippen LogP contribution in [0, 0.1) is 5.92 Å². The molecule has 21 heavy (non-hydrogen) atoms. The van der Waals surface area contributed by atoms with E-state index in [9.17, 15) is 5.11 Å². The summed E-state index contributed by atoms with van der Waals surface area (Å²) in [4.78, 5) is 2.51. The van der Waals surface area contributed by atoms with Crippen LogP contribution in [0.4, 0.5) is 0 Å². The highest BCUT2D eigenvalue weighted by Gasteiger charge is 2.30.